The number of amides is 2. The molecule has 0 heterocycles. The summed E-state index contributed by atoms with van der Waals surface area (Å²) in [6, 6.07) is 10.2. The van der Waals surface area contributed by atoms with Crippen LogP contribution in [0.4, 0.5) is 0 Å². The highest BCUT2D eigenvalue weighted by molar-refractivity contribution is 6.35. The van der Waals surface area contributed by atoms with Gasteiger partial charge in [-0.3, -0.25) is 9.59 Å². The predicted molar refractivity (Wildman–Crippen MR) is 126 cm³/mol. The molecular formula is C24H30Cl2N2O3. The van der Waals surface area contributed by atoms with E-state index in [1.54, 1.807) is 25.1 Å². The van der Waals surface area contributed by atoms with Crippen molar-refractivity contribution in [3.05, 3.63) is 63.1 Å². The van der Waals surface area contributed by atoms with Gasteiger partial charge in [-0.2, -0.15) is 0 Å². The molecule has 0 bridgehead atoms. The average molecular weight is 465 g/mol. The van der Waals surface area contributed by atoms with Crippen LogP contribution in [0, 0.1) is 19.8 Å². The maximum atomic E-state index is 13.1. The molecular weight excluding hydrogens is 435 g/mol. The summed E-state index contributed by atoms with van der Waals surface area (Å²) < 4.78 is 5.80. The Morgan fingerprint density at radius 1 is 1.06 bits per heavy atom. The number of aryl methyl sites for hydroxylation is 2. The number of benzene rings is 2. The monoisotopic (exact) mass is 464 g/mol. The number of hydrogen-bond acceptors (Lipinski definition) is 3. The molecule has 0 fully saturated rings. The lowest BCUT2D eigenvalue weighted by Crippen LogP contribution is -2.49. The minimum Gasteiger partial charge on any atom is -0.483 e. The van der Waals surface area contributed by atoms with Gasteiger partial charge in [0.2, 0.25) is 5.91 Å². The van der Waals surface area contributed by atoms with Gasteiger partial charge in [-0.15, -0.1) is 0 Å². The van der Waals surface area contributed by atoms with Crippen molar-refractivity contribution in [2.75, 3.05) is 13.2 Å². The summed E-state index contributed by atoms with van der Waals surface area (Å²) in [6.45, 7) is 10.1. The largest absolute Gasteiger partial charge is 0.483 e. The third-order valence-corrected chi connectivity index (χ3v) is 5.49. The van der Waals surface area contributed by atoms with E-state index in [9.17, 15) is 9.59 Å². The Kier molecular flexibility index (Phi) is 9.20. The number of hydrogen-bond donors (Lipinski definition) is 1. The Morgan fingerprint density at radius 2 is 1.77 bits per heavy atom. The molecule has 1 N–H and O–H groups in total. The van der Waals surface area contributed by atoms with E-state index in [4.69, 9.17) is 27.9 Å². The molecule has 2 rings (SSSR count). The zero-order valence-corrected chi connectivity index (χ0v) is 20.2. The molecule has 0 aliphatic carbocycles. The Morgan fingerprint density at radius 3 is 2.42 bits per heavy atom. The summed E-state index contributed by atoms with van der Waals surface area (Å²) in [4.78, 5) is 27.3. The first kappa shape index (κ1) is 25.0. The van der Waals surface area contributed by atoms with Gasteiger partial charge in [0.1, 0.15) is 11.8 Å². The van der Waals surface area contributed by atoms with Crippen LogP contribution in [0.1, 0.15) is 37.5 Å². The van der Waals surface area contributed by atoms with Crippen molar-refractivity contribution in [1.29, 1.82) is 0 Å². The lowest BCUT2D eigenvalue weighted by Gasteiger charge is -2.29. The zero-order valence-electron chi connectivity index (χ0n) is 18.7. The number of ether oxygens (including phenoxy) is 1. The highest BCUT2D eigenvalue weighted by Crippen LogP contribution is 2.24. The third-order valence-electron chi connectivity index (χ3n) is 4.90. The molecule has 0 saturated carbocycles. The average Bonchev–Trinajstić information content (AvgIpc) is 2.71. The van der Waals surface area contributed by atoms with Crippen LogP contribution in [-0.4, -0.2) is 35.9 Å². The highest BCUT2D eigenvalue weighted by atomic mass is 35.5. The quantitative estimate of drug-likeness (QED) is 0.555. The van der Waals surface area contributed by atoms with E-state index in [1.165, 1.54) is 4.90 Å². The molecule has 0 aliphatic heterocycles. The summed E-state index contributed by atoms with van der Waals surface area (Å²) in [5, 5.41) is 3.84. The molecule has 2 aromatic rings. The van der Waals surface area contributed by atoms with E-state index in [-0.39, 0.29) is 25.0 Å². The number of carbonyl (C=O) groups excluding carboxylic acids is 2. The normalized spacial score (nSPS) is 11.9. The lowest BCUT2D eigenvalue weighted by molar-refractivity contribution is -0.142. The number of halogens is 2. The van der Waals surface area contributed by atoms with Crippen LogP contribution in [0.5, 0.6) is 5.75 Å². The maximum Gasteiger partial charge on any atom is 0.261 e. The Labute approximate surface area is 194 Å². The van der Waals surface area contributed by atoms with Gasteiger partial charge < -0.3 is 15.0 Å². The van der Waals surface area contributed by atoms with Crippen molar-refractivity contribution >= 4 is 35.0 Å². The van der Waals surface area contributed by atoms with Gasteiger partial charge in [0, 0.05) is 23.1 Å². The van der Waals surface area contributed by atoms with E-state index >= 15 is 0 Å². The first-order valence-corrected chi connectivity index (χ1v) is 11.0. The van der Waals surface area contributed by atoms with Gasteiger partial charge >= 0.3 is 0 Å². The van der Waals surface area contributed by atoms with Crippen LogP contribution in [0.3, 0.4) is 0 Å². The van der Waals surface area contributed by atoms with Crippen LogP contribution in [0.25, 0.3) is 0 Å². The van der Waals surface area contributed by atoms with Gasteiger partial charge in [-0.05, 0) is 61.6 Å². The molecule has 1 atom stereocenters. The summed E-state index contributed by atoms with van der Waals surface area (Å²) in [5.74, 6) is 0.423. The van der Waals surface area contributed by atoms with Gasteiger partial charge in [-0.1, -0.05) is 55.2 Å². The van der Waals surface area contributed by atoms with Crippen LogP contribution in [0.15, 0.2) is 36.4 Å². The first-order valence-electron chi connectivity index (χ1n) is 10.3. The smallest absolute Gasteiger partial charge is 0.261 e. The molecule has 2 aromatic carbocycles. The first-order chi connectivity index (χ1) is 14.6. The molecule has 168 valence electrons. The Balaban J connectivity index is 2.21. The van der Waals surface area contributed by atoms with E-state index in [0.717, 1.165) is 11.1 Å². The fourth-order valence-electron chi connectivity index (χ4n) is 2.95. The van der Waals surface area contributed by atoms with Gasteiger partial charge in [-0.25, -0.2) is 0 Å². The molecule has 0 saturated heterocycles. The number of nitrogens with one attached hydrogen (secondary N) is 1. The number of nitrogens with zero attached hydrogens (tertiary/aromatic N) is 1. The van der Waals surface area contributed by atoms with Gasteiger partial charge in [0.25, 0.3) is 5.91 Å². The van der Waals surface area contributed by atoms with Gasteiger partial charge in [0.15, 0.2) is 6.61 Å². The molecule has 0 spiro atoms. The fourth-order valence-corrected chi connectivity index (χ4v) is 3.42. The van der Waals surface area contributed by atoms with Crippen LogP contribution >= 0.6 is 23.2 Å². The second-order valence-corrected chi connectivity index (χ2v) is 8.97. The molecule has 7 heteroatoms. The van der Waals surface area contributed by atoms with Crippen molar-refractivity contribution in [3.63, 3.8) is 0 Å². The van der Waals surface area contributed by atoms with E-state index < -0.39 is 6.04 Å². The number of carbonyl (C=O) groups is 2. The SMILES string of the molecule is Cc1ccc(C)c(OCC(=O)N(Cc2ccc(Cl)cc2Cl)C(C)C(=O)NCC(C)C)c1. The van der Waals surface area contributed by atoms with Crippen LogP contribution < -0.4 is 10.1 Å². The standard InChI is InChI=1S/C24H30Cl2N2O3/c1-15(2)12-27-24(30)18(5)28(13-19-8-9-20(25)11-21(19)26)23(29)14-31-22-10-16(3)6-7-17(22)4/h6-11,15,18H,12-14H2,1-5H3,(H,27,30). The van der Waals surface area contributed by atoms with Crippen molar-refractivity contribution in [1.82, 2.24) is 10.2 Å². The minimum atomic E-state index is -0.694. The third kappa shape index (κ3) is 7.44. The van der Waals surface area contributed by atoms with E-state index in [2.05, 4.69) is 5.32 Å². The molecule has 2 amide bonds. The second-order valence-electron chi connectivity index (χ2n) is 8.13. The van der Waals surface area contributed by atoms with Crippen LogP contribution in [-0.2, 0) is 16.1 Å². The summed E-state index contributed by atoms with van der Waals surface area (Å²) in [7, 11) is 0. The molecule has 5 nitrogen and oxygen atoms in total. The Hall–Kier alpha value is -2.24. The minimum absolute atomic E-state index is 0.168. The summed E-state index contributed by atoms with van der Waals surface area (Å²) in [6.07, 6.45) is 0. The van der Waals surface area contributed by atoms with Crippen molar-refractivity contribution in [2.45, 2.75) is 47.2 Å². The predicted octanol–water partition coefficient (Wildman–Crippen LogP) is 5.18. The summed E-state index contributed by atoms with van der Waals surface area (Å²) in [5.41, 5.74) is 2.68. The zero-order chi connectivity index (χ0) is 23.1. The fraction of sp³-hybridized carbons (Fsp3) is 0.417. The molecule has 31 heavy (non-hydrogen) atoms. The maximum absolute atomic E-state index is 13.1. The lowest BCUT2D eigenvalue weighted by atomic mass is 10.1. The molecule has 0 aliphatic rings. The van der Waals surface area contributed by atoms with Gasteiger partial charge in [0.05, 0.1) is 0 Å². The Bertz CT molecular complexity index is 931. The molecule has 1 unspecified atom stereocenters. The van der Waals surface area contributed by atoms with E-state index in [1.807, 2.05) is 45.9 Å². The topological polar surface area (TPSA) is 58.6 Å². The highest BCUT2D eigenvalue weighted by Gasteiger charge is 2.27. The van der Waals surface area contributed by atoms with Crippen molar-refractivity contribution < 1.29 is 14.3 Å². The van der Waals surface area contributed by atoms with Crippen molar-refractivity contribution in [3.8, 4) is 5.75 Å². The molecule has 0 radical (unpaired) electrons. The second kappa shape index (κ2) is 11.4. The van der Waals surface area contributed by atoms with Crippen molar-refractivity contribution in [2.24, 2.45) is 5.92 Å². The van der Waals surface area contributed by atoms with Crippen LogP contribution in [0.2, 0.25) is 10.0 Å². The summed E-state index contributed by atoms with van der Waals surface area (Å²) >= 11 is 12.3. The number of rotatable bonds is 9. The van der Waals surface area contributed by atoms with E-state index in [0.29, 0.717) is 33.8 Å². The molecule has 0 aromatic heterocycles.